The van der Waals surface area contributed by atoms with Gasteiger partial charge in [0.1, 0.15) is 0 Å². The number of ether oxygens (including phenoxy) is 1. The zero-order chi connectivity index (χ0) is 12.2. The lowest BCUT2D eigenvalue weighted by Gasteiger charge is -2.33. The molecule has 1 unspecified atom stereocenters. The van der Waals surface area contributed by atoms with Crippen molar-refractivity contribution in [3.63, 3.8) is 0 Å². The van der Waals surface area contributed by atoms with E-state index in [0.29, 0.717) is 6.04 Å². The van der Waals surface area contributed by atoms with Crippen LogP contribution in [0.15, 0.2) is 5.38 Å². The SMILES string of the molecule is CCNC(Cc1nc(C)cs1)C(C)(C)OC. The van der Waals surface area contributed by atoms with E-state index in [1.807, 2.05) is 6.92 Å². The molecule has 1 rings (SSSR count). The van der Waals surface area contributed by atoms with Crippen molar-refractivity contribution in [2.75, 3.05) is 13.7 Å². The summed E-state index contributed by atoms with van der Waals surface area (Å²) in [5, 5.41) is 6.74. The maximum Gasteiger partial charge on any atom is 0.0944 e. The Morgan fingerprint density at radius 2 is 2.25 bits per heavy atom. The highest BCUT2D eigenvalue weighted by atomic mass is 32.1. The molecule has 1 heterocycles. The second-order valence-corrected chi connectivity index (χ2v) is 5.45. The Balaban J connectivity index is 2.71. The molecule has 0 saturated carbocycles. The first-order chi connectivity index (χ1) is 7.49. The lowest BCUT2D eigenvalue weighted by Crippen LogP contribution is -2.49. The summed E-state index contributed by atoms with van der Waals surface area (Å²) >= 11 is 1.72. The number of likely N-dealkylation sites (N-methyl/N-ethyl adjacent to an activating group) is 1. The fourth-order valence-corrected chi connectivity index (χ4v) is 2.44. The second-order valence-electron chi connectivity index (χ2n) is 4.50. The van der Waals surface area contributed by atoms with Crippen molar-refractivity contribution in [1.82, 2.24) is 10.3 Å². The number of hydrogen-bond donors (Lipinski definition) is 1. The molecule has 0 amide bonds. The molecule has 1 N–H and O–H groups in total. The first kappa shape index (κ1) is 13.6. The van der Waals surface area contributed by atoms with Crippen molar-refractivity contribution in [3.8, 4) is 0 Å². The van der Waals surface area contributed by atoms with E-state index in [1.165, 1.54) is 5.01 Å². The minimum absolute atomic E-state index is 0.171. The third-order valence-corrected chi connectivity index (χ3v) is 3.85. The highest BCUT2D eigenvalue weighted by Crippen LogP contribution is 2.20. The third-order valence-electron chi connectivity index (χ3n) is 2.86. The molecule has 0 bridgehead atoms. The number of rotatable bonds is 6. The van der Waals surface area contributed by atoms with E-state index in [1.54, 1.807) is 18.4 Å². The van der Waals surface area contributed by atoms with E-state index in [0.717, 1.165) is 18.7 Å². The molecule has 0 saturated heterocycles. The smallest absolute Gasteiger partial charge is 0.0944 e. The van der Waals surface area contributed by atoms with E-state index in [9.17, 15) is 0 Å². The Labute approximate surface area is 102 Å². The van der Waals surface area contributed by atoms with Gasteiger partial charge in [0, 0.05) is 30.6 Å². The normalized spacial score (nSPS) is 14.1. The number of nitrogens with one attached hydrogen (secondary N) is 1. The van der Waals surface area contributed by atoms with Crippen LogP contribution in [0.1, 0.15) is 31.5 Å². The monoisotopic (exact) mass is 242 g/mol. The second kappa shape index (κ2) is 5.75. The topological polar surface area (TPSA) is 34.2 Å². The van der Waals surface area contributed by atoms with E-state index >= 15 is 0 Å². The van der Waals surface area contributed by atoms with Crippen LogP contribution in [-0.2, 0) is 11.2 Å². The van der Waals surface area contributed by atoms with Gasteiger partial charge >= 0.3 is 0 Å². The van der Waals surface area contributed by atoms with Crippen LogP contribution in [0.2, 0.25) is 0 Å². The summed E-state index contributed by atoms with van der Waals surface area (Å²) in [6.45, 7) is 9.32. The Morgan fingerprint density at radius 1 is 1.56 bits per heavy atom. The van der Waals surface area contributed by atoms with E-state index < -0.39 is 0 Å². The summed E-state index contributed by atoms with van der Waals surface area (Å²) in [6.07, 6.45) is 0.924. The molecular formula is C12H22N2OS. The molecule has 1 aromatic heterocycles. The molecule has 4 heteroatoms. The van der Waals surface area contributed by atoms with Gasteiger partial charge in [0.15, 0.2) is 0 Å². The number of nitrogens with zero attached hydrogens (tertiary/aromatic N) is 1. The molecule has 1 aromatic rings. The number of thiazole rings is 1. The molecule has 92 valence electrons. The van der Waals surface area contributed by atoms with Gasteiger partial charge in [-0.25, -0.2) is 4.98 Å². The fourth-order valence-electron chi connectivity index (χ4n) is 1.62. The van der Waals surface area contributed by atoms with Crippen LogP contribution in [0.3, 0.4) is 0 Å². The summed E-state index contributed by atoms with van der Waals surface area (Å²) in [5.41, 5.74) is 0.931. The molecule has 0 aromatic carbocycles. The molecule has 0 aliphatic heterocycles. The highest BCUT2D eigenvalue weighted by Gasteiger charge is 2.29. The van der Waals surface area contributed by atoms with Crippen molar-refractivity contribution in [1.29, 1.82) is 0 Å². The van der Waals surface area contributed by atoms with Gasteiger partial charge in [-0.1, -0.05) is 6.92 Å². The lowest BCUT2D eigenvalue weighted by molar-refractivity contribution is -0.00961. The largest absolute Gasteiger partial charge is 0.377 e. The first-order valence-corrected chi connectivity index (χ1v) is 6.57. The predicted octanol–water partition coefficient (Wildman–Crippen LogP) is 2.40. The Bertz CT molecular complexity index is 323. The maximum absolute atomic E-state index is 5.55. The standard InChI is InChI=1S/C12H22N2OS/c1-6-13-10(12(3,4)15-5)7-11-14-9(2)8-16-11/h8,10,13H,6-7H2,1-5H3. The quantitative estimate of drug-likeness (QED) is 0.832. The van der Waals surface area contributed by atoms with Crippen molar-refractivity contribution in [3.05, 3.63) is 16.1 Å². The minimum Gasteiger partial charge on any atom is -0.377 e. The van der Waals surface area contributed by atoms with Gasteiger partial charge in [-0.05, 0) is 27.3 Å². The summed E-state index contributed by atoms with van der Waals surface area (Å²) < 4.78 is 5.55. The van der Waals surface area contributed by atoms with Crippen molar-refractivity contribution in [2.45, 2.75) is 45.8 Å². The molecular weight excluding hydrogens is 220 g/mol. The first-order valence-electron chi connectivity index (χ1n) is 5.69. The number of methoxy groups -OCH3 is 1. The number of hydrogen-bond acceptors (Lipinski definition) is 4. The molecule has 0 spiro atoms. The van der Waals surface area contributed by atoms with Crippen LogP contribution in [0.25, 0.3) is 0 Å². The Kier molecular flexibility index (Phi) is 4.89. The van der Waals surface area contributed by atoms with Gasteiger partial charge in [-0.3, -0.25) is 0 Å². The third kappa shape index (κ3) is 3.54. The average Bonchev–Trinajstić information content (AvgIpc) is 2.63. The Hall–Kier alpha value is -0.450. The van der Waals surface area contributed by atoms with Gasteiger partial charge in [0.2, 0.25) is 0 Å². The maximum atomic E-state index is 5.55. The van der Waals surface area contributed by atoms with Gasteiger partial charge < -0.3 is 10.1 Å². The van der Waals surface area contributed by atoms with E-state index in [2.05, 4.69) is 36.5 Å². The van der Waals surface area contributed by atoms with Gasteiger partial charge in [0.25, 0.3) is 0 Å². The van der Waals surface area contributed by atoms with E-state index in [4.69, 9.17) is 4.74 Å². The van der Waals surface area contributed by atoms with Gasteiger partial charge in [-0.2, -0.15) is 0 Å². The van der Waals surface area contributed by atoms with Gasteiger partial charge in [-0.15, -0.1) is 11.3 Å². The van der Waals surface area contributed by atoms with Crippen LogP contribution >= 0.6 is 11.3 Å². The van der Waals surface area contributed by atoms with Crippen molar-refractivity contribution in [2.24, 2.45) is 0 Å². The highest BCUT2D eigenvalue weighted by molar-refractivity contribution is 7.09. The molecule has 3 nitrogen and oxygen atoms in total. The summed E-state index contributed by atoms with van der Waals surface area (Å²) in [4.78, 5) is 4.50. The molecule has 0 fully saturated rings. The fraction of sp³-hybridized carbons (Fsp3) is 0.750. The van der Waals surface area contributed by atoms with Gasteiger partial charge in [0.05, 0.1) is 10.6 Å². The molecule has 0 aliphatic carbocycles. The minimum atomic E-state index is -0.171. The summed E-state index contributed by atoms with van der Waals surface area (Å²) in [6, 6.07) is 0.299. The van der Waals surface area contributed by atoms with Crippen LogP contribution in [0.4, 0.5) is 0 Å². The lowest BCUT2D eigenvalue weighted by atomic mass is 9.95. The molecule has 1 atom stereocenters. The average molecular weight is 242 g/mol. The zero-order valence-corrected chi connectivity index (χ0v) is 11.6. The Morgan fingerprint density at radius 3 is 2.69 bits per heavy atom. The molecule has 16 heavy (non-hydrogen) atoms. The predicted molar refractivity (Wildman–Crippen MR) is 69.1 cm³/mol. The van der Waals surface area contributed by atoms with E-state index in [-0.39, 0.29) is 5.60 Å². The molecule has 0 radical (unpaired) electrons. The molecule has 0 aliphatic rings. The summed E-state index contributed by atoms with van der Waals surface area (Å²) in [7, 11) is 1.76. The number of aryl methyl sites for hydroxylation is 1. The van der Waals surface area contributed by atoms with Crippen LogP contribution < -0.4 is 5.32 Å². The summed E-state index contributed by atoms with van der Waals surface area (Å²) in [5.74, 6) is 0. The van der Waals surface area contributed by atoms with Crippen LogP contribution in [-0.4, -0.2) is 30.3 Å². The van der Waals surface area contributed by atoms with Crippen LogP contribution in [0.5, 0.6) is 0 Å². The van der Waals surface area contributed by atoms with Crippen molar-refractivity contribution < 1.29 is 4.74 Å². The zero-order valence-electron chi connectivity index (χ0n) is 10.8. The number of aromatic nitrogens is 1. The van der Waals surface area contributed by atoms with Crippen molar-refractivity contribution >= 4 is 11.3 Å². The van der Waals surface area contributed by atoms with Crippen LogP contribution in [0, 0.1) is 6.92 Å².